The van der Waals surface area contributed by atoms with Crippen molar-refractivity contribution in [2.75, 3.05) is 5.32 Å². The number of nitrogens with zero attached hydrogens (tertiary/aromatic N) is 1. The predicted molar refractivity (Wildman–Crippen MR) is 93.8 cm³/mol. The number of ether oxygens (including phenoxy) is 1. The van der Waals surface area contributed by atoms with E-state index in [1.54, 1.807) is 18.2 Å². The second-order valence-corrected chi connectivity index (χ2v) is 6.05. The van der Waals surface area contributed by atoms with Crippen molar-refractivity contribution in [1.82, 2.24) is 0 Å². The van der Waals surface area contributed by atoms with E-state index in [2.05, 4.69) is 5.32 Å². The molecule has 0 bridgehead atoms. The lowest BCUT2D eigenvalue weighted by Crippen LogP contribution is -2.12. The zero-order chi connectivity index (χ0) is 18.7. The highest BCUT2D eigenvalue weighted by atomic mass is 16.6. The Morgan fingerprint density at radius 1 is 1.19 bits per heavy atom. The number of nitro groups is 1. The standard InChI is InChI=1S/C18H17N3O5/c19-17(22)12-3-1-2-11(8-12)10-26-18(23)13-4-7-15(20-14-5-6-14)16(9-13)21(24)25/h1-4,7-9,14,20H,5-6,10H2,(H2,19,22). The molecule has 1 saturated carbocycles. The molecule has 0 atom stereocenters. The van der Waals surface area contributed by atoms with E-state index >= 15 is 0 Å². The van der Waals surface area contributed by atoms with Crippen LogP contribution in [0.5, 0.6) is 0 Å². The zero-order valence-electron chi connectivity index (χ0n) is 13.8. The monoisotopic (exact) mass is 355 g/mol. The maximum atomic E-state index is 12.2. The number of carbonyl (C=O) groups excluding carboxylic acids is 2. The smallest absolute Gasteiger partial charge is 0.338 e. The number of hydrogen-bond acceptors (Lipinski definition) is 6. The number of primary amides is 1. The third kappa shape index (κ3) is 4.15. The third-order valence-corrected chi connectivity index (χ3v) is 3.95. The Kier molecular flexibility index (Phi) is 4.83. The van der Waals surface area contributed by atoms with Gasteiger partial charge < -0.3 is 15.8 Å². The maximum Gasteiger partial charge on any atom is 0.338 e. The Balaban J connectivity index is 1.71. The SMILES string of the molecule is NC(=O)c1cccc(COC(=O)c2ccc(NC3CC3)c([N+](=O)[O-])c2)c1. The molecule has 2 aromatic carbocycles. The van der Waals surface area contributed by atoms with E-state index < -0.39 is 16.8 Å². The van der Waals surface area contributed by atoms with Gasteiger partial charge in [-0.1, -0.05) is 12.1 Å². The molecule has 0 unspecified atom stereocenters. The largest absolute Gasteiger partial charge is 0.457 e. The number of nitrogens with one attached hydrogen (secondary N) is 1. The number of benzene rings is 2. The normalized spacial score (nSPS) is 13.1. The van der Waals surface area contributed by atoms with Gasteiger partial charge in [-0.2, -0.15) is 0 Å². The first-order valence-electron chi connectivity index (χ1n) is 8.05. The summed E-state index contributed by atoms with van der Waals surface area (Å²) in [5.74, 6) is -1.26. The number of anilines is 1. The van der Waals surface area contributed by atoms with Crippen LogP contribution in [0.1, 0.15) is 39.1 Å². The molecule has 1 aliphatic rings. The Morgan fingerprint density at radius 2 is 1.96 bits per heavy atom. The average Bonchev–Trinajstić information content (AvgIpc) is 3.44. The van der Waals surface area contributed by atoms with E-state index in [0.29, 0.717) is 16.8 Å². The molecular weight excluding hydrogens is 338 g/mol. The van der Waals surface area contributed by atoms with Gasteiger partial charge in [-0.3, -0.25) is 14.9 Å². The van der Waals surface area contributed by atoms with Crippen molar-refractivity contribution in [1.29, 1.82) is 0 Å². The van der Waals surface area contributed by atoms with Crippen LogP contribution in [0, 0.1) is 10.1 Å². The quantitative estimate of drug-likeness (QED) is 0.447. The molecule has 8 heteroatoms. The van der Waals surface area contributed by atoms with E-state index in [4.69, 9.17) is 10.5 Å². The minimum Gasteiger partial charge on any atom is -0.457 e. The maximum absolute atomic E-state index is 12.2. The number of hydrogen-bond donors (Lipinski definition) is 2. The molecule has 26 heavy (non-hydrogen) atoms. The van der Waals surface area contributed by atoms with Gasteiger partial charge in [0.2, 0.25) is 5.91 Å². The number of nitro benzene ring substituents is 1. The summed E-state index contributed by atoms with van der Waals surface area (Å²) in [5, 5.41) is 14.3. The number of amides is 1. The number of esters is 1. The van der Waals surface area contributed by atoms with Crippen LogP contribution in [0.2, 0.25) is 0 Å². The zero-order valence-corrected chi connectivity index (χ0v) is 13.8. The van der Waals surface area contributed by atoms with Gasteiger partial charge in [0.05, 0.1) is 10.5 Å². The predicted octanol–water partition coefficient (Wildman–Crippen LogP) is 2.63. The van der Waals surface area contributed by atoms with Crippen molar-refractivity contribution in [3.63, 3.8) is 0 Å². The van der Waals surface area contributed by atoms with Gasteiger partial charge in [0.25, 0.3) is 5.69 Å². The van der Waals surface area contributed by atoms with Gasteiger partial charge in [-0.05, 0) is 42.7 Å². The minimum atomic E-state index is -0.685. The summed E-state index contributed by atoms with van der Waals surface area (Å²) in [5.41, 5.74) is 6.43. The van der Waals surface area contributed by atoms with Gasteiger partial charge in [0.1, 0.15) is 12.3 Å². The van der Waals surface area contributed by atoms with Crippen LogP contribution in [-0.4, -0.2) is 22.8 Å². The van der Waals surface area contributed by atoms with Crippen LogP contribution in [-0.2, 0) is 11.3 Å². The molecule has 1 amide bonds. The van der Waals surface area contributed by atoms with E-state index in [0.717, 1.165) is 12.8 Å². The van der Waals surface area contributed by atoms with E-state index in [9.17, 15) is 19.7 Å². The molecule has 8 nitrogen and oxygen atoms in total. The molecule has 3 rings (SSSR count). The molecule has 2 aromatic rings. The van der Waals surface area contributed by atoms with Gasteiger partial charge in [0, 0.05) is 17.7 Å². The Hall–Kier alpha value is -3.42. The molecular formula is C18H17N3O5. The number of carbonyl (C=O) groups is 2. The van der Waals surface area contributed by atoms with Crippen LogP contribution in [0.15, 0.2) is 42.5 Å². The highest BCUT2D eigenvalue weighted by Crippen LogP contribution is 2.31. The van der Waals surface area contributed by atoms with E-state index in [-0.39, 0.29) is 23.9 Å². The summed E-state index contributed by atoms with van der Waals surface area (Å²) in [6.45, 7) is -0.0736. The first kappa shape index (κ1) is 17.4. The second-order valence-electron chi connectivity index (χ2n) is 6.05. The Bertz CT molecular complexity index is 877. The average molecular weight is 355 g/mol. The minimum absolute atomic E-state index is 0.0736. The lowest BCUT2D eigenvalue weighted by Gasteiger charge is -2.09. The van der Waals surface area contributed by atoms with E-state index in [1.807, 2.05) is 0 Å². The summed E-state index contributed by atoms with van der Waals surface area (Å²) >= 11 is 0. The molecule has 1 fully saturated rings. The fourth-order valence-corrected chi connectivity index (χ4v) is 2.43. The highest BCUT2D eigenvalue weighted by Gasteiger charge is 2.25. The summed E-state index contributed by atoms with van der Waals surface area (Å²) in [4.78, 5) is 34.1. The lowest BCUT2D eigenvalue weighted by atomic mass is 10.1. The number of rotatable bonds is 7. The molecule has 0 aromatic heterocycles. The van der Waals surface area contributed by atoms with Gasteiger partial charge in [0.15, 0.2) is 0 Å². The van der Waals surface area contributed by atoms with Crippen LogP contribution >= 0.6 is 0 Å². The summed E-state index contributed by atoms with van der Waals surface area (Å²) in [7, 11) is 0. The van der Waals surface area contributed by atoms with Crippen molar-refractivity contribution in [2.24, 2.45) is 5.73 Å². The lowest BCUT2D eigenvalue weighted by molar-refractivity contribution is -0.384. The van der Waals surface area contributed by atoms with Crippen molar-refractivity contribution in [2.45, 2.75) is 25.5 Å². The van der Waals surface area contributed by atoms with Crippen molar-refractivity contribution >= 4 is 23.3 Å². The first-order valence-corrected chi connectivity index (χ1v) is 8.05. The molecule has 0 aliphatic heterocycles. The highest BCUT2D eigenvalue weighted by molar-refractivity contribution is 5.93. The molecule has 0 radical (unpaired) electrons. The van der Waals surface area contributed by atoms with Crippen LogP contribution in [0.4, 0.5) is 11.4 Å². The number of nitrogens with two attached hydrogens (primary N) is 1. The fraction of sp³-hybridized carbons (Fsp3) is 0.222. The second kappa shape index (κ2) is 7.22. The molecule has 0 saturated heterocycles. The van der Waals surface area contributed by atoms with E-state index in [1.165, 1.54) is 24.3 Å². The molecule has 1 aliphatic carbocycles. The Labute approximate surface area is 149 Å². The Morgan fingerprint density at radius 3 is 2.62 bits per heavy atom. The van der Waals surface area contributed by atoms with Crippen LogP contribution in [0.25, 0.3) is 0 Å². The summed E-state index contributed by atoms with van der Waals surface area (Å²) in [6, 6.07) is 10.9. The fourth-order valence-electron chi connectivity index (χ4n) is 2.43. The van der Waals surface area contributed by atoms with Gasteiger partial charge in [-0.15, -0.1) is 0 Å². The van der Waals surface area contributed by atoms with Crippen molar-refractivity contribution in [3.8, 4) is 0 Å². The summed E-state index contributed by atoms with van der Waals surface area (Å²) < 4.78 is 5.18. The molecule has 0 heterocycles. The third-order valence-electron chi connectivity index (χ3n) is 3.95. The van der Waals surface area contributed by atoms with Gasteiger partial charge >= 0.3 is 5.97 Å². The summed E-state index contributed by atoms with van der Waals surface area (Å²) in [6.07, 6.45) is 1.95. The molecule has 134 valence electrons. The first-order chi connectivity index (χ1) is 12.4. The van der Waals surface area contributed by atoms with Gasteiger partial charge in [-0.25, -0.2) is 4.79 Å². The van der Waals surface area contributed by atoms with Crippen LogP contribution in [0.3, 0.4) is 0 Å². The van der Waals surface area contributed by atoms with Crippen molar-refractivity contribution < 1.29 is 19.2 Å². The molecule has 3 N–H and O–H groups in total. The topological polar surface area (TPSA) is 125 Å². The van der Waals surface area contributed by atoms with Crippen LogP contribution < -0.4 is 11.1 Å². The van der Waals surface area contributed by atoms with Crippen molar-refractivity contribution in [3.05, 3.63) is 69.3 Å². The molecule has 0 spiro atoms.